The summed E-state index contributed by atoms with van der Waals surface area (Å²) in [6, 6.07) is 33.4. The SMILES string of the molecule is CCCCn1c2c(-c3ccccn3)cc(-c3ccccn3)cc2c2cc(-c3ccccn3)cc(-c3ccccn3)c21. The van der Waals surface area contributed by atoms with E-state index in [2.05, 4.69) is 72.2 Å². The molecule has 0 saturated heterocycles. The van der Waals surface area contributed by atoms with Crippen molar-refractivity contribution in [3.8, 4) is 45.0 Å². The van der Waals surface area contributed by atoms with Crippen molar-refractivity contribution in [1.29, 1.82) is 0 Å². The quantitative estimate of drug-likeness (QED) is 0.206. The van der Waals surface area contributed by atoms with E-state index in [1.807, 2.05) is 61.2 Å². The van der Waals surface area contributed by atoms with Crippen LogP contribution in [-0.2, 0) is 6.54 Å². The van der Waals surface area contributed by atoms with Crippen LogP contribution < -0.4 is 0 Å². The Labute approximate surface area is 239 Å². The number of pyridine rings is 4. The molecule has 0 aliphatic rings. The lowest BCUT2D eigenvalue weighted by molar-refractivity contribution is 0.665. The summed E-state index contributed by atoms with van der Waals surface area (Å²) in [6.07, 6.45) is 9.59. The average Bonchev–Trinajstić information content (AvgIpc) is 3.37. The first-order valence-corrected chi connectivity index (χ1v) is 14.1. The molecule has 7 aromatic rings. The molecule has 5 nitrogen and oxygen atoms in total. The van der Waals surface area contributed by atoms with Crippen molar-refractivity contribution in [2.45, 2.75) is 26.3 Å². The van der Waals surface area contributed by atoms with Crippen molar-refractivity contribution in [3.63, 3.8) is 0 Å². The van der Waals surface area contributed by atoms with Crippen LogP contribution in [-0.4, -0.2) is 24.5 Å². The molecule has 0 unspecified atom stereocenters. The molecule has 41 heavy (non-hydrogen) atoms. The highest BCUT2D eigenvalue weighted by molar-refractivity contribution is 6.18. The highest BCUT2D eigenvalue weighted by Gasteiger charge is 2.22. The van der Waals surface area contributed by atoms with Gasteiger partial charge in [-0.05, 0) is 79.2 Å². The molecule has 0 atom stereocenters. The van der Waals surface area contributed by atoms with Crippen molar-refractivity contribution in [3.05, 3.63) is 122 Å². The predicted molar refractivity (Wildman–Crippen MR) is 167 cm³/mol. The summed E-state index contributed by atoms with van der Waals surface area (Å²) in [7, 11) is 0. The minimum absolute atomic E-state index is 0.891. The topological polar surface area (TPSA) is 56.5 Å². The third-order valence-corrected chi connectivity index (χ3v) is 7.59. The standard InChI is InChI=1S/C36H29N5/c1-2-3-20-41-35-27(21-25(31-12-4-8-16-37-31)23-29(35)33-14-6-10-18-39-33)28-22-26(32-13-5-9-17-38-32)24-30(36(28)41)34-15-7-11-19-40-34/h4-19,21-24H,2-3,20H2,1H3. The monoisotopic (exact) mass is 531 g/mol. The minimum Gasteiger partial charge on any atom is -0.339 e. The van der Waals surface area contributed by atoms with E-state index >= 15 is 0 Å². The number of nitrogens with zero attached hydrogens (tertiary/aromatic N) is 5. The van der Waals surface area contributed by atoms with Gasteiger partial charge >= 0.3 is 0 Å². The Balaban J connectivity index is 1.67. The molecule has 5 aromatic heterocycles. The number of unbranched alkanes of at least 4 members (excludes halogenated alkanes) is 1. The lowest BCUT2D eigenvalue weighted by atomic mass is 9.97. The molecule has 7 rings (SSSR count). The summed E-state index contributed by atoms with van der Waals surface area (Å²) in [5.41, 5.74) is 10.5. The second kappa shape index (κ2) is 10.8. The Morgan fingerprint density at radius 1 is 0.512 bits per heavy atom. The molecule has 5 heteroatoms. The maximum atomic E-state index is 4.82. The van der Waals surface area contributed by atoms with Gasteiger partial charge < -0.3 is 4.57 Å². The normalized spacial score (nSPS) is 11.3. The van der Waals surface area contributed by atoms with Gasteiger partial charge in [0.15, 0.2) is 0 Å². The summed E-state index contributed by atoms with van der Waals surface area (Å²) < 4.78 is 2.49. The zero-order valence-corrected chi connectivity index (χ0v) is 22.9. The molecule has 0 amide bonds. The molecule has 2 aromatic carbocycles. The fourth-order valence-corrected chi connectivity index (χ4v) is 5.71. The van der Waals surface area contributed by atoms with E-state index in [-0.39, 0.29) is 0 Å². The van der Waals surface area contributed by atoms with Crippen LogP contribution >= 0.6 is 0 Å². The largest absolute Gasteiger partial charge is 0.339 e. The number of hydrogen-bond acceptors (Lipinski definition) is 4. The van der Waals surface area contributed by atoms with Gasteiger partial charge in [-0.1, -0.05) is 37.6 Å². The van der Waals surface area contributed by atoms with Crippen molar-refractivity contribution < 1.29 is 0 Å². The minimum atomic E-state index is 0.891. The molecule has 0 bridgehead atoms. The van der Waals surface area contributed by atoms with Crippen LogP contribution in [0, 0.1) is 0 Å². The molecular formula is C36H29N5. The highest BCUT2D eigenvalue weighted by atomic mass is 15.0. The van der Waals surface area contributed by atoms with Gasteiger partial charge in [-0.25, -0.2) is 0 Å². The molecule has 0 fully saturated rings. The molecule has 198 valence electrons. The van der Waals surface area contributed by atoms with Crippen LogP contribution in [0.3, 0.4) is 0 Å². The molecule has 5 heterocycles. The number of hydrogen-bond donors (Lipinski definition) is 0. The fourth-order valence-electron chi connectivity index (χ4n) is 5.71. The summed E-state index contributed by atoms with van der Waals surface area (Å²) in [5.74, 6) is 0. The van der Waals surface area contributed by atoms with Crippen molar-refractivity contribution in [2.24, 2.45) is 0 Å². The van der Waals surface area contributed by atoms with Crippen LogP contribution in [0.15, 0.2) is 122 Å². The number of aryl methyl sites for hydroxylation is 1. The van der Waals surface area contributed by atoms with Crippen LogP contribution in [0.2, 0.25) is 0 Å². The predicted octanol–water partition coefficient (Wildman–Crippen LogP) is 8.84. The molecule has 0 aliphatic heterocycles. The Morgan fingerprint density at radius 3 is 1.29 bits per heavy atom. The van der Waals surface area contributed by atoms with Gasteiger partial charge in [0.2, 0.25) is 0 Å². The summed E-state index contributed by atoms with van der Waals surface area (Å²) in [5, 5.41) is 2.35. The molecule has 0 N–H and O–H groups in total. The number of fused-ring (bicyclic) bond motifs is 3. The van der Waals surface area contributed by atoms with E-state index in [0.29, 0.717) is 0 Å². The number of benzene rings is 2. The van der Waals surface area contributed by atoms with Gasteiger partial charge in [-0.15, -0.1) is 0 Å². The van der Waals surface area contributed by atoms with Gasteiger partial charge in [0.25, 0.3) is 0 Å². The fraction of sp³-hybridized carbons (Fsp3) is 0.111. The highest BCUT2D eigenvalue weighted by Crippen LogP contribution is 2.43. The number of rotatable bonds is 7. The van der Waals surface area contributed by atoms with Crippen LogP contribution in [0.5, 0.6) is 0 Å². The maximum Gasteiger partial charge on any atom is 0.0723 e. The van der Waals surface area contributed by atoms with Gasteiger partial charge in [0, 0.05) is 64.4 Å². The maximum absolute atomic E-state index is 4.82. The molecule has 0 spiro atoms. The summed E-state index contributed by atoms with van der Waals surface area (Å²) in [4.78, 5) is 19.1. The zero-order valence-electron chi connectivity index (χ0n) is 22.9. The number of aromatic nitrogens is 5. The van der Waals surface area contributed by atoms with E-state index < -0.39 is 0 Å². The Morgan fingerprint density at radius 2 is 0.927 bits per heavy atom. The van der Waals surface area contributed by atoms with E-state index in [4.69, 9.17) is 19.9 Å². The second-order valence-corrected chi connectivity index (χ2v) is 10.2. The first-order valence-electron chi connectivity index (χ1n) is 14.1. The molecule has 0 saturated carbocycles. The zero-order chi connectivity index (χ0) is 27.6. The Bertz CT molecular complexity index is 1810. The Kier molecular flexibility index (Phi) is 6.53. The van der Waals surface area contributed by atoms with Crippen LogP contribution in [0.4, 0.5) is 0 Å². The smallest absolute Gasteiger partial charge is 0.0723 e. The summed E-state index contributed by atoms with van der Waals surface area (Å²) >= 11 is 0. The van der Waals surface area contributed by atoms with Crippen molar-refractivity contribution >= 4 is 21.8 Å². The van der Waals surface area contributed by atoms with Crippen molar-refractivity contribution in [2.75, 3.05) is 0 Å². The second-order valence-electron chi connectivity index (χ2n) is 10.2. The van der Waals surface area contributed by atoms with Crippen LogP contribution in [0.1, 0.15) is 19.8 Å². The molecular weight excluding hydrogens is 502 g/mol. The van der Waals surface area contributed by atoms with Gasteiger partial charge in [0.05, 0.1) is 33.8 Å². The van der Waals surface area contributed by atoms with Crippen LogP contribution in [0.25, 0.3) is 66.8 Å². The van der Waals surface area contributed by atoms with E-state index in [1.165, 1.54) is 21.8 Å². The molecule has 0 radical (unpaired) electrons. The lowest BCUT2D eigenvalue weighted by Gasteiger charge is -2.14. The van der Waals surface area contributed by atoms with Crippen molar-refractivity contribution in [1.82, 2.24) is 24.5 Å². The lowest BCUT2D eigenvalue weighted by Crippen LogP contribution is -2.01. The molecule has 0 aliphatic carbocycles. The van der Waals surface area contributed by atoms with E-state index in [0.717, 1.165) is 64.4 Å². The first-order chi connectivity index (χ1) is 20.3. The Hall–Kier alpha value is -5.16. The van der Waals surface area contributed by atoms with E-state index in [1.54, 1.807) is 0 Å². The summed E-state index contributed by atoms with van der Waals surface area (Å²) in [6.45, 7) is 3.13. The van der Waals surface area contributed by atoms with Gasteiger partial charge in [0.1, 0.15) is 0 Å². The van der Waals surface area contributed by atoms with E-state index in [9.17, 15) is 0 Å². The third-order valence-electron chi connectivity index (χ3n) is 7.59. The van der Waals surface area contributed by atoms with Gasteiger partial charge in [-0.3, -0.25) is 19.9 Å². The third kappa shape index (κ3) is 4.55. The van der Waals surface area contributed by atoms with Gasteiger partial charge in [-0.2, -0.15) is 0 Å². The average molecular weight is 532 g/mol. The first kappa shape index (κ1) is 24.9.